The Morgan fingerprint density at radius 2 is 2.07 bits per heavy atom. The monoisotopic (exact) mass is 391 g/mol. The van der Waals surface area contributed by atoms with Gasteiger partial charge < -0.3 is 31.0 Å². The van der Waals surface area contributed by atoms with Crippen LogP contribution in [0.15, 0.2) is 18.3 Å². The summed E-state index contributed by atoms with van der Waals surface area (Å²) in [6, 6.07) is 6.18. The number of aromatic nitrogens is 4. The normalized spacial score (nSPS) is 17.0. The van der Waals surface area contributed by atoms with Crippen molar-refractivity contribution in [3.05, 3.63) is 29.6 Å². The number of nitriles is 1. The first kappa shape index (κ1) is 17.5. The van der Waals surface area contributed by atoms with Gasteiger partial charge in [-0.25, -0.2) is 4.98 Å². The van der Waals surface area contributed by atoms with Crippen molar-refractivity contribution in [1.29, 1.82) is 5.26 Å². The predicted octanol–water partition coefficient (Wildman–Crippen LogP) is 0.848. The molecule has 148 valence electrons. The molecule has 0 atom stereocenters. The minimum atomic E-state index is 0.0189. The van der Waals surface area contributed by atoms with Crippen LogP contribution in [0, 0.1) is 16.7 Å². The van der Waals surface area contributed by atoms with Crippen LogP contribution < -0.4 is 21.7 Å². The fraction of sp³-hybridized carbons (Fsp3) is 0.368. The number of aryl methyl sites for hydroxylation is 1. The second-order valence-corrected chi connectivity index (χ2v) is 7.79. The van der Waals surface area contributed by atoms with Crippen LogP contribution in [0.5, 0.6) is 0 Å². The zero-order valence-electron chi connectivity index (χ0n) is 16.0. The Bertz CT molecular complexity index is 1150. The highest BCUT2D eigenvalue weighted by Crippen LogP contribution is 2.41. The van der Waals surface area contributed by atoms with Gasteiger partial charge in [-0.3, -0.25) is 0 Å². The van der Waals surface area contributed by atoms with E-state index in [9.17, 15) is 5.26 Å². The lowest BCUT2D eigenvalue weighted by atomic mass is 9.77. The number of pyridine rings is 1. The topological polar surface area (TPSA) is 144 Å². The summed E-state index contributed by atoms with van der Waals surface area (Å²) in [6.45, 7) is 3.93. The molecule has 3 aromatic heterocycles. The van der Waals surface area contributed by atoms with Gasteiger partial charge >= 0.3 is 0 Å². The highest BCUT2D eigenvalue weighted by atomic mass is 16.5. The number of nitrogen functional groups attached to an aromatic ring is 2. The van der Waals surface area contributed by atoms with E-state index in [0.717, 1.165) is 48.7 Å². The highest BCUT2D eigenvalue weighted by molar-refractivity contribution is 5.81. The maximum atomic E-state index is 9.38. The van der Waals surface area contributed by atoms with Crippen molar-refractivity contribution in [2.24, 2.45) is 12.5 Å². The van der Waals surface area contributed by atoms with Crippen molar-refractivity contribution in [3.63, 3.8) is 0 Å². The number of hydrogen-bond donors (Lipinski definition) is 3. The lowest BCUT2D eigenvalue weighted by molar-refractivity contribution is -0.127. The van der Waals surface area contributed by atoms with Gasteiger partial charge in [0.25, 0.3) is 0 Å². The van der Waals surface area contributed by atoms with Crippen molar-refractivity contribution >= 4 is 34.3 Å². The number of nitrogens with two attached hydrogens (primary N) is 2. The molecule has 0 aliphatic carbocycles. The first-order valence-corrected chi connectivity index (χ1v) is 9.33. The van der Waals surface area contributed by atoms with E-state index >= 15 is 0 Å². The first-order valence-electron chi connectivity index (χ1n) is 9.33. The summed E-state index contributed by atoms with van der Waals surface area (Å²) in [5.74, 6) is 0.389. The van der Waals surface area contributed by atoms with Crippen LogP contribution in [0.4, 0.5) is 23.3 Å². The average Bonchev–Trinajstić information content (AvgIpc) is 2.97. The average molecular weight is 391 g/mol. The summed E-state index contributed by atoms with van der Waals surface area (Å²) >= 11 is 0. The molecule has 5 rings (SSSR count). The molecular weight excluding hydrogens is 370 g/mol. The van der Waals surface area contributed by atoms with Gasteiger partial charge in [0.1, 0.15) is 17.5 Å². The van der Waals surface area contributed by atoms with E-state index in [-0.39, 0.29) is 22.7 Å². The van der Waals surface area contributed by atoms with Gasteiger partial charge in [0.2, 0.25) is 5.95 Å². The van der Waals surface area contributed by atoms with Gasteiger partial charge in [-0.05, 0) is 12.1 Å². The third-order valence-electron chi connectivity index (χ3n) is 5.62. The van der Waals surface area contributed by atoms with Crippen molar-refractivity contribution < 1.29 is 4.74 Å². The van der Waals surface area contributed by atoms with Crippen LogP contribution >= 0.6 is 0 Å². The molecule has 5 N–H and O–H groups in total. The Hall–Kier alpha value is -3.58. The van der Waals surface area contributed by atoms with E-state index in [1.165, 1.54) is 0 Å². The van der Waals surface area contributed by atoms with Crippen molar-refractivity contribution in [2.45, 2.75) is 6.54 Å². The zero-order chi connectivity index (χ0) is 20.2. The van der Waals surface area contributed by atoms with E-state index in [0.29, 0.717) is 12.4 Å². The zero-order valence-corrected chi connectivity index (χ0v) is 16.0. The Labute approximate surface area is 167 Å². The standard InChI is InChI=1S/C19H21N9O/c1-27-3-2-12-14(27)4-15(28-7-19(8-28)9-29-10-19)13(24-12)6-23-17-11(5-20)16(21)25-18(22)26-17/h2-4H,6-10H2,1H3,(H5,21,22,23,25,26). The molecule has 0 radical (unpaired) electrons. The van der Waals surface area contributed by atoms with E-state index in [2.05, 4.69) is 30.8 Å². The SMILES string of the molecule is Cn1ccc2nc(CNc3nc(N)nc(N)c3C#N)c(N3CC4(COC4)C3)cc21. The summed E-state index contributed by atoms with van der Waals surface area (Å²) in [5, 5.41) is 12.6. The lowest BCUT2D eigenvalue weighted by Crippen LogP contribution is -2.66. The van der Waals surface area contributed by atoms with Crippen LogP contribution in [-0.4, -0.2) is 45.8 Å². The minimum Gasteiger partial charge on any atom is -0.382 e. The Morgan fingerprint density at radius 1 is 1.28 bits per heavy atom. The minimum absolute atomic E-state index is 0.0189. The Balaban J connectivity index is 1.48. The number of fused-ring (bicyclic) bond motifs is 1. The molecule has 2 aliphatic heterocycles. The first-order chi connectivity index (χ1) is 14.0. The maximum absolute atomic E-state index is 9.38. The number of rotatable bonds is 4. The molecule has 0 amide bonds. The van der Waals surface area contributed by atoms with Gasteiger partial charge in [-0.15, -0.1) is 0 Å². The largest absolute Gasteiger partial charge is 0.382 e. The highest BCUT2D eigenvalue weighted by Gasteiger charge is 2.49. The number of nitrogens with zero attached hydrogens (tertiary/aromatic N) is 6. The molecule has 10 nitrogen and oxygen atoms in total. The summed E-state index contributed by atoms with van der Waals surface area (Å²) < 4.78 is 7.46. The van der Waals surface area contributed by atoms with Crippen LogP contribution in [0.25, 0.3) is 11.0 Å². The van der Waals surface area contributed by atoms with Gasteiger partial charge in [0.15, 0.2) is 5.82 Å². The van der Waals surface area contributed by atoms with E-state index in [1.807, 2.05) is 25.4 Å². The van der Waals surface area contributed by atoms with Crippen molar-refractivity contribution in [3.8, 4) is 6.07 Å². The third kappa shape index (κ3) is 2.78. The quantitative estimate of drug-likeness (QED) is 0.589. The molecule has 0 aromatic carbocycles. The summed E-state index contributed by atoms with van der Waals surface area (Å²) in [6.07, 6.45) is 2.00. The molecular formula is C19H21N9O. The summed E-state index contributed by atoms with van der Waals surface area (Å²) in [5.41, 5.74) is 15.9. The van der Waals surface area contributed by atoms with E-state index in [4.69, 9.17) is 21.2 Å². The maximum Gasteiger partial charge on any atom is 0.224 e. The second kappa shape index (κ2) is 6.22. The number of hydrogen-bond acceptors (Lipinski definition) is 9. The van der Waals surface area contributed by atoms with Crippen LogP contribution in [0.1, 0.15) is 11.3 Å². The van der Waals surface area contributed by atoms with Crippen molar-refractivity contribution in [1.82, 2.24) is 19.5 Å². The van der Waals surface area contributed by atoms with Gasteiger partial charge in [0.05, 0.1) is 47.6 Å². The van der Waals surface area contributed by atoms with E-state index in [1.54, 1.807) is 0 Å². The third-order valence-corrected chi connectivity index (χ3v) is 5.62. The molecule has 0 bridgehead atoms. The lowest BCUT2D eigenvalue weighted by Gasteiger charge is -2.56. The molecule has 29 heavy (non-hydrogen) atoms. The fourth-order valence-corrected chi connectivity index (χ4v) is 4.03. The summed E-state index contributed by atoms with van der Waals surface area (Å²) in [7, 11) is 2.01. The molecule has 2 saturated heterocycles. The van der Waals surface area contributed by atoms with Crippen LogP contribution in [-0.2, 0) is 18.3 Å². The van der Waals surface area contributed by atoms with E-state index < -0.39 is 0 Å². The molecule has 0 unspecified atom stereocenters. The van der Waals surface area contributed by atoms with Crippen LogP contribution in [0.2, 0.25) is 0 Å². The summed E-state index contributed by atoms with van der Waals surface area (Å²) in [4.78, 5) is 15.2. The number of nitrogens with one attached hydrogen (secondary N) is 1. The molecule has 5 heterocycles. The number of ether oxygens (including phenoxy) is 1. The Kier molecular flexibility index (Phi) is 3.75. The number of anilines is 4. The molecule has 2 aliphatic rings. The molecule has 1 spiro atoms. The second-order valence-electron chi connectivity index (χ2n) is 7.79. The molecule has 2 fully saturated rings. The fourth-order valence-electron chi connectivity index (χ4n) is 4.03. The predicted molar refractivity (Wildman–Crippen MR) is 109 cm³/mol. The van der Waals surface area contributed by atoms with Gasteiger partial charge in [0, 0.05) is 26.3 Å². The van der Waals surface area contributed by atoms with Gasteiger partial charge in [-0.1, -0.05) is 0 Å². The smallest absolute Gasteiger partial charge is 0.224 e. The Morgan fingerprint density at radius 3 is 2.76 bits per heavy atom. The van der Waals surface area contributed by atoms with Crippen molar-refractivity contribution in [2.75, 3.05) is 48.0 Å². The van der Waals surface area contributed by atoms with Gasteiger partial charge in [-0.2, -0.15) is 15.2 Å². The molecule has 3 aromatic rings. The van der Waals surface area contributed by atoms with Crippen LogP contribution in [0.3, 0.4) is 0 Å². The molecule has 10 heteroatoms. The molecule has 0 saturated carbocycles.